The molecular formula is C6H10FNO. The molecule has 0 aromatic heterocycles. The number of rotatable bonds is 1. The third-order valence-electron chi connectivity index (χ3n) is 1.46. The first-order chi connectivity index (χ1) is 4.34. The summed E-state index contributed by atoms with van der Waals surface area (Å²) >= 11 is 0. The molecule has 2 nitrogen and oxygen atoms in total. The third-order valence-corrected chi connectivity index (χ3v) is 1.46. The Morgan fingerprint density at radius 3 is 3.00 bits per heavy atom. The van der Waals surface area contributed by atoms with Gasteiger partial charge >= 0.3 is 0 Å². The summed E-state index contributed by atoms with van der Waals surface area (Å²) in [4.78, 5) is 0. The minimum absolute atomic E-state index is 0.361. The van der Waals surface area contributed by atoms with Gasteiger partial charge in [-0.3, -0.25) is 0 Å². The summed E-state index contributed by atoms with van der Waals surface area (Å²) < 4.78 is 12.4. The summed E-state index contributed by atoms with van der Waals surface area (Å²) in [5.74, 6) is -0.361. The standard InChI is InChI=1S/C6H10FNO/c7-6(4-9)5-1-2-8-3-5/h8-9H,1-4H2/b6-5-. The van der Waals surface area contributed by atoms with Gasteiger partial charge < -0.3 is 10.4 Å². The van der Waals surface area contributed by atoms with E-state index in [0.717, 1.165) is 18.5 Å². The molecule has 1 aliphatic heterocycles. The van der Waals surface area contributed by atoms with Crippen LogP contribution >= 0.6 is 0 Å². The van der Waals surface area contributed by atoms with Crippen LogP contribution < -0.4 is 5.32 Å². The van der Waals surface area contributed by atoms with Crippen LogP contribution in [-0.4, -0.2) is 24.8 Å². The first kappa shape index (κ1) is 6.71. The fourth-order valence-corrected chi connectivity index (χ4v) is 0.910. The average molecular weight is 131 g/mol. The maximum absolute atomic E-state index is 12.4. The Kier molecular flexibility index (Phi) is 2.19. The van der Waals surface area contributed by atoms with Gasteiger partial charge in [-0.2, -0.15) is 0 Å². The van der Waals surface area contributed by atoms with E-state index in [-0.39, 0.29) is 5.83 Å². The average Bonchev–Trinajstić information content (AvgIpc) is 2.37. The van der Waals surface area contributed by atoms with Crippen molar-refractivity contribution in [3.8, 4) is 0 Å². The minimum atomic E-state index is -0.447. The molecule has 0 spiro atoms. The third kappa shape index (κ3) is 1.50. The first-order valence-corrected chi connectivity index (χ1v) is 3.02. The highest BCUT2D eigenvalue weighted by Gasteiger charge is 2.10. The van der Waals surface area contributed by atoms with Gasteiger partial charge in [-0.05, 0) is 18.5 Å². The zero-order valence-electron chi connectivity index (χ0n) is 5.15. The van der Waals surface area contributed by atoms with Crippen LogP contribution in [-0.2, 0) is 0 Å². The van der Waals surface area contributed by atoms with Crippen LogP contribution in [0.4, 0.5) is 4.39 Å². The van der Waals surface area contributed by atoms with Crippen molar-refractivity contribution in [2.24, 2.45) is 0 Å². The molecule has 0 aromatic carbocycles. The van der Waals surface area contributed by atoms with Crippen LogP contribution in [0.15, 0.2) is 11.4 Å². The van der Waals surface area contributed by atoms with Crippen molar-refractivity contribution in [3.05, 3.63) is 11.4 Å². The molecule has 0 radical (unpaired) electrons. The Morgan fingerprint density at radius 2 is 2.56 bits per heavy atom. The number of aliphatic hydroxyl groups is 1. The molecule has 0 aliphatic carbocycles. The lowest BCUT2D eigenvalue weighted by Crippen LogP contribution is -2.05. The van der Waals surface area contributed by atoms with E-state index in [1.807, 2.05) is 0 Å². The first-order valence-electron chi connectivity index (χ1n) is 3.02. The van der Waals surface area contributed by atoms with Gasteiger partial charge in [0.1, 0.15) is 5.83 Å². The van der Waals surface area contributed by atoms with Crippen molar-refractivity contribution >= 4 is 0 Å². The smallest absolute Gasteiger partial charge is 0.126 e. The van der Waals surface area contributed by atoms with E-state index in [2.05, 4.69) is 5.32 Å². The number of aliphatic hydroxyl groups excluding tert-OH is 1. The van der Waals surface area contributed by atoms with E-state index >= 15 is 0 Å². The molecule has 0 bridgehead atoms. The summed E-state index contributed by atoms with van der Waals surface area (Å²) in [5, 5.41) is 11.3. The Bertz CT molecular complexity index is 125. The Labute approximate surface area is 53.4 Å². The zero-order chi connectivity index (χ0) is 6.69. The molecule has 1 saturated heterocycles. The molecule has 0 atom stereocenters. The maximum Gasteiger partial charge on any atom is 0.126 e. The fraction of sp³-hybridized carbons (Fsp3) is 0.667. The monoisotopic (exact) mass is 131 g/mol. The quantitative estimate of drug-likeness (QED) is 0.532. The summed E-state index contributed by atoms with van der Waals surface area (Å²) in [5.41, 5.74) is 0.720. The lowest BCUT2D eigenvalue weighted by atomic mass is 10.2. The van der Waals surface area contributed by atoms with Crippen LogP contribution in [0.2, 0.25) is 0 Å². The molecule has 1 aliphatic rings. The summed E-state index contributed by atoms with van der Waals surface area (Å²) in [7, 11) is 0. The molecule has 0 unspecified atom stereocenters. The predicted octanol–water partition coefficient (Wildman–Crippen LogP) is 0.196. The van der Waals surface area contributed by atoms with Gasteiger partial charge in [-0.15, -0.1) is 0 Å². The van der Waals surface area contributed by atoms with E-state index in [1.165, 1.54) is 0 Å². The van der Waals surface area contributed by atoms with Crippen LogP contribution in [0.3, 0.4) is 0 Å². The van der Waals surface area contributed by atoms with Crippen molar-refractivity contribution in [2.75, 3.05) is 19.7 Å². The Morgan fingerprint density at radius 1 is 1.78 bits per heavy atom. The van der Waals surface area contributed by atoms with Crippen molar-refractivity contribution in [1.29, 1.82) is 0 Å². The molecule has 3 heteroatoms. The van der Waals surface area contributed by atoms with Gasteiger partial charge in [0, 0.05) is 6.54 Å². The van der Waals surface area contributed by atoms with Crippen LogP contribution in [0, 0.1) is 0 Å². The number of hydrogen-bond acceptors (Lipinski definition) is 2. The molecule has 0 amide bonds. The molecule has 1 fully saturated rings. The maximum atomic E-state index is 12.4. The van der Waals surface area contributed by atoms with Gasteiger partial charge in [-0.1, -0.05) is 0 Å². The van der Waals surface area contributed by atoms with E-state index in [9.17, 15) is 4.39 Å². The summed E-state index contributed by atoms with van der Waals surface area (Å²) in [6.07, 6.45) is 0.742. The van der Waals surface area contributed by atoms with E-state index in [0.29, 0.717) is 6.54 Å². The second-order valence-corrected chi connectivity index (χ2v) is 2.09. The molecule has 2 N–H and O–H groups in total. The second-order valence-electron chi connectivity index (χ2n) is 2.09. The van der Waals surface area contributed by atoms with Gasteiger partial charge in [0.25, 0.3) is 0 Å². The SMILES string of the molecule is OC/C(F)=C1\CCNC1. The van der Waals surface area contributed by atoms with Crippen molar-refractivity contribution in [3.63, 3.8) is 0 Å². The zero-order valence-corrected chi connectivity index (χ0v) is 5.15. The lowest BCUT2D eigenvalue weighted by Gasteiger charge is -1.94. The predicted molar refractivity (Wildman–Crippen MR) is 32.7 cm³/mol. The molecule has 1 rings (SSSR count). The fourth-order valence-electron chi connectivity index (χ4n) is 0.910. The van der Waals surface area contributed by atoms with Crippen molar-refractivity contribution in [1.82, 2.24) is 5.32 Å². The van der Waals surface area contributed by atoms with Crippen LogP contribution in [0.25, 0.3) is 0 Å². The van der Waals surface area contributed by atoms with Gasteiger partial charge in [0.15, 0.2) is 0 Å². The largest absolute Gasteiger partial charge is 0.389 e. The molecule has 52 valence electrons. The highest BCUT2D eigenvalue weighted by molar-refractivity contribution is 5.13. The number of hydrogen-bond donors (Lipinski definition) is 2. The van der Waals surface area contributed by atoms with Crippen LogP contribution in [0.5, 0.6) is 0 Å². The topological polar surface area (TPSA) is 32.3 Å². The molecule has 0 saturated carbocycles. The van der Waals surface area contributed by atoms with Gasteiger partial charge in [0.05, 0.1) is 6.61 Å². The minimum Gasteiger partial charge on any atom is -0.389 e. The summed E-state index contributed by atoms with van der Waals surface area (Å²) in [6, 6.07) is 0. The highest BCUT2D eigenvalue weighted by Crippen LogP contribution is 2.12. The summed E-state index contributed by atoms with van der Waals surface area (Å²) in [6.45, 7) is 0.992. The van der Waals surface area contributed by atoms with Gasteiger partial charge in [0.2, 0.25) is 0 Å². The molecule has 1 heterocycles. The van der Waals surface area contributed by atoms with E-state index in [1.54, 1.807) is 0 Å². The molecular weight excluding hydrogens is 121 g/mol. The van der Waals surface area contributed by atoms with Crippen molar-refractivity contribution in [2.45, 2.75) is 6.42 Å². The van der Waals surface area contributed by atoms with Gasteiger partial charge in [-0.25, -0.2) is 4.39 Å². The molecule has 0 aromatic rings. The molecule has 9 heavy (non-hydrogen) atoms. The normalized spacial score (nSPS) is 24.7. The lowest BCUT2D eigenvalue weighted by molar-refractivity contribution is 0.295. The second kappa shape index (κ2) is 2.94. The number of halogens is 1. The van der Waals surface area contributed by atoms with E-state index in [4.69, 9.17) is 5.11 Å². The van der Waals surface area contributed by atoms with E-state index < -0.39 is 6.61 Å². The van der Waals surface area contributed by atoms with Crippen LogP contribution in [0.1, 0.15) is 6.42 Å². The Hall–Kier alpha value is -0.410. The Balaban J connectivity index is 2.55. The van der Waals surface area contributed by atoms with Crippen molar-refractivity contribution < 1.29 is 9.50 Å². The highest BCUT2D eigenvalue weighted by atomic mass is 19.1. The number of nitrogens with one attached hydrogen (secondary N) is 1.